The lowest BCUT2D eigenvalue weighted by Crippen LogP contribution is -2.24. The van der Waals surface area contributed by atoms with Crippen molar-refractivity contribution in [2.75, 3.05) is 7.11 Å². The fraction of sp³-hybridized carbons (Fsp3) is 0.571. The topological polar surface area (TPSA) is 46.5 Å². The van der Waals surface area contributed by atoms with E-state index in [1.807, 2.05) is 0 Å². The summed E-state index contributed by atoms with van der Waals surface area (Å²) in [5.74, 6) is -0.949. The summed E-state index contributed by atoms with van der Waals surface area (Å²) in [6.45, 7) is 4.92. The van der Waals surface area contributed by atoms with Gasteiger partial charge in [-0.15, -0.1) is 6.58 Å². The third-order valence-electron chi connectivity index (χ3n) is 1.33. The van der Waals surface area contributed by atoms with Crippen molar-refractivity contribution in [3.63, 3.8) is 0 Å². The van der Waals surface area contributed by atoms with Crippen molar-refractivity contribution in [2.24, 2.45) is 5.92 Å². The standard InChI is InChI=1S/C7H12O3/c1-4-6(8)5(2)7(9)10-3/h4-6,8H,1H2,2-3H3/t5-,6+/m1/s1. The van der Waals surface area contributed by atoms with Gasteiger partial charge in [-0.3, -0.25) is 4.79 Å². The van der Waals surface area contributed by atoms with Gasteiger partial charge < -0.3 is 9.84 Å². The molecule has 0 aliphatic rings. The van der Waals surface area contributed by atoms with Crippen LogP contribution in [0.5, 0.6) is 0 Å². The zero-order valence-electron chi connectivity index (χ0n) is 6.20. The summed E-state index contributed by atoms with van der Waals surface area (Å²) in [6, 6.07) is 0. The van der Waals surface area contributed by atoms with Crippen LogP contribution in [0.25, 0.3) is 0 Å². The average Bonchev–Trinajstić information content (AvgIpc) is 2.00. The number of aliphatic hydroxyl groups is 1. The molecule has 0 rings (SSSR count). The molecule has 0 saturated carbocycles. The average molecular weight is 144 g/mol. The van der Waals surface area contributed by atoms with Gasteiger partial charge in [-0.25, -0.2) is 0 Å². The molecule has 0 aliphatic heterocycles. The van der Waals surface area contributed by atoms with Crippen LogP contribution in [-0.2, 0) is 9.53 Å². The number of rotatable bonds is 3. The van der Waals surface area contributed by atoms with Gasteiger partial charge in [0, 0.05) is 0 Å². The van der Waals surface area contributed by atoms with Gasteiger partial charge in [0.15, 0.2) is 0 Å². The SMILES string of the molecule is C=C[C@H](O)[C@@H](C)C(=O)OC. The second kappa shape index (κ2) is 4.06. The summed E-state index contributed by atoms with van der Waals surface area (Å²) < 4.78 is 4.39. The van der Waals surface area contributed by atoms with Crippen LogP contribution in [0.1, 0.15) is 6.92 Å². The molecule has 58 valence electrons. The summed E-state index contributed by atoms with van der Waals surface area (Å²) in [7, 11) is 1.29. The normalized spacial score (nSPS) is 15.5. The van der Waals surface area contributed by atoms with E-state index in [0.717, 1.165) is 0 Å². The Morgan fingerprint density at radius 3 is 2.60 bits per heavy atom. The van der Waals surface area contributed by atoms with Crippen molar-refractivity contribution in [1.82, 2.24) is 0 Å². The molecule has 0 amide bonds. The number of esters is 1. The Bertz CT molecular complexity index is 131. The van der Waals surface area contributed by atoms with Crippen LogP contribution in [0.3, 0.4) is 0 Å². The summed E-state index contributed by atoms with van der Waals surface area (Å²) in [5, 5.41) is 9.01. The Morgan fingerprint density at radius 1 is 1.80 bits per heavy atom. The van der Waals surface area contributed by atoms with E-state index in [1.165, 1.54) is 13.2 Å². The number of carbonyl (C=O) groups excluding carboxylic acids is 1. The van der Waals surface area contributed by atoms with Crippen LogP contribution in [0.4, 0.5) is 0 Å². The molecule has 10 heavy (non-hydrogen) atoms. The van der Waals surface area contributed by atoms with E-state index < -0.39 is 18.0 Å². The lowest BCUT2D eigenvalue weighted by Gasteiger charge is -2.11. The zero-order chi connectivity index (χ0) is 8.15. The monoisotopic (exact) mass is 144 g/mol. The van der Waals surface area contributed by atoms with E-state index in [-0.39, 0.29) is 0 Å². The minimum Gasteiger partial charge on any atom is -0.469 e. The molecule has 3 heteroatoms. The maximum absolute atomic E-state index is 10.7. The van der Waals surface area contributed by atoms with Gasteiger partial charge in [0.2, 0.25) is 0 Å². The minimum absolute atomic E-state index is 0.424. The first kappa shape index (κ1) is 9.17. The van der Waals surface area contributed by atoms with Crippen molar-refractivity contribution in [2.45, 2.75) is 13.0 Å². The first-order chi connectivity index (χ1) is 4.63. The Balaban J connectivity index is 3.93. The molecule has 0 aromatic carbocycles. The first-order valence-corrected chi connectivity index (χ1v) is 3.02. The maximum Gasteiger partial charge on any atom is 0.311 e. The molecule has 0 aliphatic carbocycles. The van der Waals surface area contributed by atoms with E-state index >= 15 is 0 Å². The van der Waals surface area contributed by atoms with Gasteiger partial charge in [0.1, 0.15) is 0 Å². The van der Waals surface area contributed by atoms with Crippen molar-refractivity contribution >= 4 is 5.97 Å². The third kappa shape index (κ3) is 2.19. The molecule has 0 bridgehead atoms. The van der Waals surface area contributed by atoms with Crippen LogP contribution in [0, 0.1) is 5.92 Å². The lowest BCUT2D eigenvalue weighted by molar-refractivity contribution is -0.147. The summed E-state index contributed by atoms with van der Waals surface area (Å²) in [5.41, 5.74) is 0. The quantitative estimate of drug-likeness (QED) is 0.459. The molecule has 3 nitrogen and oxygen atoms in total. The van der Waals surface area contributed by atoms with Crippen LogP contribution in [0.15, 0.2) is 12.7 Å². The molecule has 0 radical (unpaired) electrons. The van der Waals surface area contributed by atoms with Gasteiger partial charge >= 0.3 is 5.97 Å². The Morgan fingerprint density at radius 2 is 2.30 bits per heavy atom. The fourth-order valence-electron chi connectivity index (χ4n) is 0.529. The predicted molar refractivity (Wildman–Crippen MR) is 37.4 cm³/mol. The smallest absolute Gasteiger partial charge is 0.311 e. The molecular formula is C7H12O3. The molecule has 0 spiro atoms. The van der Waals surface area contributed by atoms with Crippen LogP contribution < -0.4 is 0 Å². The highest BCUT2D eigenvalue weighted by atomic mass is 16.5. The molecule has 0 saturated heterocycles. The van der Waals surface area contributed by atoms with E-state index in [2.05, 4.69) is 11.3 Å². The summed E-state index contributed by atoms with van der Waals surface area (Å²) >= 11 is 0. The van der Waals surface area contributed by atoms with Crippen molar-refractivity contribution < 1.29 is 14.6 Å². The molecule has 1 N–H and O–H groups in total. The number of aliphatic hydroxyl groups excluding tert-OH is 1. The molecule has 0 fully saturated rings. The van der Waals surface area contributed by atoms with Crippen molar-refractivity contribution in [3.8, 4) is 0 Å². The highest BCUT2D eigenvalue weighted by Gasteiger charge is 2.19. The van der Waals surface area contributed by atoms with Gasteiger partial charge in [-0.05, 0) is 6.92 Å². The number of methoxy groups -OCH3 is 1. The van der Waals surface area contributed by atoms with Gasteiger partial charge in [0.25, 0.3) is 0 Å². The lowest BCUT2D eigenvalue weighted by atomic mass is 10.1. The molecular weight excluding hydrogens is 132 g/mol. The Hall–Kier alpha value is -0.830. The molecule has 0 heterocycles. The van der Waals surface area contributed by atoms with Crippen LogP contribution >= 0.6 is 0 Å². The molecule has 0 aromatic rings. The second-order valence-corrected chi connectivity index (χ2v) is 2.04. The van der Waals surface area contributed by atoms with E-state index in [4.69, 9.17) is 5.11 Å². The zero-order valence-corrected chi connectivity index (χ0v) is 6.20. The number of carbonyl (C=O) groups is 1. The largest absolute Gasteiger partial charge is 0.469 e. The number of ether oxygens (including phenoxy) is 1. The summed E-state index contributed by atoms with van der Waals surface area (Å²) in [4.78, 5) is 10.7. The van der Waals surface area contributed by atoms with Crippen LogP contribution in [0.2, 0.25) is 0 Å². The third-order valence-corrected chi connectivity index (χ3v) is 1.33. The van der Waals surface area contributed by atoms with Gasteiger partial charge in [-0.2, -0.15) is 0 Å². The Labute approximate surface area is 60.3 Å². The molecule has 2 atom stereocenters. The fourth-order valence-corrected chi connectivity index (χ4v) is 0.529. The molecule has 0 aromatic heterocycles. The molecule has 0 unspecified atom stereocenters. The second-order valence-electron chi connectivity index (χ2n) is 2.04. The van der Waals surface area contributed by atoms with Gasteiger partial charge in [-0.1, -0.05) is 6.08 Å². The maximum atomic E-state index is 10.7. The van der Waals surface area contributed by atoms with E-state index in [0.29, 0.717) is 0 Å². The van der Waals surface area contributed by atoms with Crippen molar-refractivity contribution in [3.05, 3.63) is 12.7 Å². The first-order valence-electron chi connectivity index (χ1n) is 3.02. The minimum atomic E-state index is -0.813. The van der Waals surface area contributed by atoms with Crippen LogP contribution in [-0.4, -0.2) is 24.3 Å². The van der Waals surface area contributed by atoms with E-state index in [9.17, 15) is 4.79 Å². The Kier molecular flexibility index (Phi) is 3.72. The predicted octanol–water partition coefficient (Wildman–Crippen LogP) is 0.342. The number of hydrogen-bond donors (Lipinski definition) is 1. The highest BCUT2D eigenvalue weighted by molar-refractivity contribution is 5.72. The van der Waals surface area contributed by atoms with Crippen molar-refractivity contribution in [1.29, 1.82) is 0 Å². The summed E-state index contributed by atoms with van der Waals surface area (Å²) in [6.07, 6.45) is 0.495. The highest BCUT2D eigenvalue weighted by Crippen LogP contribution is 2.04. The number of hydrogen-bond acceptors (Lipinski definition) is 3. The van der Waals surface area contributed by atoms with Gasteiger partial charge in [0.05, 0.1) is 19.1 Å². The van der Waals surface area contributed by atoms with E-state index in [1.54, 1.807) is 6.92 Å².